The zero-order chi connectivity index (χ0) is 20.8. The van der Waals surface area contributed by atoms with E-state index in [1.54, 1.807) is 30.3 Å². The Morgan fingerprint density at radius 3 is 2.17 bits per heavy atom. The standard InChI is InChI=1S/C23H17FN2O4/c24-14-10-12-15(13-11-14)25-22(28)19-20(17-8-4-5-9-18(17)27)26(30-21(19)23(25)29)16-6-2-1-3-7-16/h1-13,19-21,27H/t19-,20+,21+/m0/s1. The van der Waals surface area contributed by atoms with Crippen LogP contribution in [0.25, 0.3) is 0 Å². The van der Waals surface area contributed by atoms with Crippen LogP contribution in [0.1, 0.15) is 11.6 Å². The van der Waals surface area contributed by atoms with Crippen molar-refractivity contribution in [3.8, 4) is 5.75 Å². The number of phenolic OH excluding ortho intramolecular Hbond substituents is 1. The van der Waals surface area contributed by atoms with Gasteiger partial charge in [0.2, 0.25) is 5.91 Å². The van der Waals surface area contributed by atoms with Crippen LogP contribution in [0.4, 0.5) is 15.8 Å². The lowest BCUT2D eigenvalue weighted by Gasteiger charge is -2.29. The third-order valence-electron chi connectivity index (χ3n) is 5.47. The molecule has 0 aromatic heterocycles. The SMILES string of the molecule is O=C1[C@H]2[C@@H](c3ccccc3O)N(c3ccccc3)O[C@H]2C(=O)N1c1ccc(F)cc1. The van der Waals surface area contributed by atoms with Crippen LogP contribution in [-0.4, -0.2) is 23.0 Å². The Balaban J connectivity index is 1.60. The zero-order valence-corrected chi connectivity index (χ0v) is 15.7. The van der Waals surface area contributed by atoms with E-state index in [4.69, 9.17) is 4.84 Å². The Labute approximate surface area is 171 Å². The summed E-state index contributed by atoms with van der Waals surface area (Å²) in [7, 11) is 0. The molecule has 0 aliphatic carbocycles. The Bertz CT molecular complexity index is 1120. The molecule has 6 nitrogen and oxygen atoms in total. The normalized spacial score (nSPS) is 23.2. The van der Waals surface area contributed by atoms with Crippen LogP contribution in [0, 0.1) is 11.7 Å². The topological polar surface area (TPSA) is 70.1 Å². The van der Waals surface area contributed by atoms with Gasteiger partial charge in [-0.25, -0.2) is 14.4 Å². The minimum absolute atomic E-state index is 0.00756. The first-order valence-corrected chi connectivity index (χ1v) is 9.48. The van der Waals surface area contributed by atoms with E-state index < -0.39 is 35.7 Å². The lowest BCUT2D eigenvalue weighted by Crippen LogP contribution is -2.37. The van der Waals surface area contributed by atoms with Gasteiger partial charge in [-0.2, -0.15) is 0 Å². The van der Waals surface area contributed by atoms with E-state index in [1.807, 2.05) is 18.2 Å². The highest BCUT2D eigenvalue weighted by Gasteiger charge is 2.60. The van der Waals surface area contributed by atoms with E-state index in [0.717, 1.165) is 4.90 Å². The summed E-state index contributed by atoms with van der Waals surface area (Å²) in [5.74, 6) is -2.29. The largest absolute Gasteiger partial charge is 0.508 e. The van der Waals surface area contributed by atoms with E-state index in [0.29, 0.717) is 11.3 Å². The van der Waals surface area contributed by atoms with Gasteiger partial charge < -0.3 is 5.11 Å². The second kappa shape index (κ2) is 6.96. The zero-order valence-electron chi connectivity index (χ0n) is 15.7. The Hall–Kier alpha value is -3.71. The highest BCUT2D eigenvalue weighted by Crippen LogP contribution is 2.49. The third kappa shape index (κ3) is 2.74. The molecule has 0 unspecified atom stereocenters. The van der Waals surface area contributed by atoms with Gasteiger partial charge in [-0.1, -0.05) is 36.4 Å². The van der Waals surface area contributed by atoms with E-state index in [2.05, 4.69) is 0 Å². The number of aromatic hydroxyl groups is 1. The Morgan fingerprint density at radius 2 is 1.47 bits per heavy atom. The molecule has 5 rings (SSSR count). The average molecular weight is 404 g/mol. The van der Waals surface area contributed by atoms with Crippen molar-refractivity contribution >= 4 is 23.2 Å². The molecule has 2 aliphatic rings. The fraction of sp³-hybridized carbons (Fsp3) is 0.130. The Kier molecular flexibility index (Phi) is 4.25. The summed E-state index contributed by atoms with van der Waals surface area (Å²) in [6.45, 7) is 0. The van der Waals surface area contributed by atoms with Crippen LogP contribution in [0.5, 0.6) is 5.75 Å². The molecule has 2 aliphatic heterocycles. The summed E-state index contributed by atoms with van der Waals surface area (Å²) >= 11 is 0. The smallest absolute Gasteiger partial charge is 0.266 e. The number of nitrogens with zero attached hydrogens (tertiary/aromatic N) is 2. The number of phenols is 1. The molecular weight excluding hydrogens is 387 g/mol. The maximum Gasteiger partial charge on any atom is 0.266 e. The van der Waals surface area contributed by atoms with Crippen molar-refractivity contribution in [3.05, 3.63) is 90.2 Å². The molecule has 2 fully saturated rings. The first kappa shape index (κ1) is 18.3. The maximum absolute atomic E-state index is 13.4. The lowest BCUT2D eigenvalue weighted by atomic mass is 9.90. The van der Waals surface area contributed by atoms with Gasteiger partial charge in [0, 0.05) is 5.56 Å². The first-order chi connectivity index (χ1) is 14.6. The number of halogens is 1. The molecule has 30 heavy (non-hydrogen) atoms. The van der Waals surface area contributed by atoms with Crippen LogP contribution >= 0.6 is 0 Å². The van der Waals surface area contributed by atoms with Crippen molar-refractivity contribution in [2.75, 3.05) is 9.96 Å². The van der Waals surface area contributed by atoms with Gasteiger partial charge in [0.15, 0.2) is 6.10 Å². The average Bonchev–Trinajstić information content (AvgIpc) is 3.26. The van der Waals surface area contributed by atoms with Crippen LogP contribution in [0.2, 0.25) is 0 Å². The highest BCUT2D eigenvalue weighted by atomic mass is 19.1. The number of rotatable bonds is 3. The van der Waals surface area contributed by atoms with Gasteiger partial charge in [0.1, 0.15) is 17.5 Å². The summed E-state index contributed by atoms with van der Waals surface area (Å²) in [5.41, 5.74) is 1.43. The molecule has 2 amide bonds. The molecule has 3 aromatic carbocycles. The molecule has 0 radical (unpaired) electrons. The van der Waals surface area contributed by atoms with Crippen molar-refractivity contribution in [3.63, 3.8) is 0 Å². The Morgan fingerprint density at radius 1 is 0.800 bits per heavy atom. The lowest BCUT2D eigenvalue weighted by molar-refractivity contribution is -0.126. The first-order valence-electron chi connectivity index (χ1n) is 9.48. The quantitative estimate of drug-likeness (QED) is 0.676. The maximum atomic E-state index is 13.4. The third-order valence-corrected chi connectivity index (χ3v) is 5.47. The highest BCUT2D eigenvalue weighted by molar-refractivity contribution is 6.23. The van der Waals surface area contributed by atoms with Gasteiger partial charge in [0.25, 0.3) is 5.91 Å². The summed E-state index contributed by atoms with van der Waals surface area (Å²) in [5, 5.41) is 12.0. The molecule has 0 bridgehead atoms. The summed E-state index contributed by atoms with van der Waals surface area (Å²) < 4.78 is 13.3. The second-order valence-electron chi connectivity index (χ2n) is 7.21. The number of amides is 2. The minimum Gasteiger partial charge on any atom is -0.508 e. The number of anilines is 2. The molecule has 1 N–H and O–H groups in total. The van der Waals surface area contributed by atoms with Gasteiger partial charge in [-0.05, 0) is 42.5 Å². The molecule has 0 spiro atoms. The molecule has 2 heterocycles. The molecule has 0 saturated carbocycles. The number of imide groups is 1. The molecule has 2 saturated heterocycles. The number of para-hydroxylation sites is 2. The van der Waals surface area contributed by atoms with Crippen molar-refractivity contribution in [1.82, 2.24) is 0 Å². The fourth-order valence-corrected chi connectivity index (χ4v) is 4.11. The van der Waals surface area contributed by atoms with Crippen LogP contribution in [0.3, 0.4) is 0 Å². The van der Waals surface area contributed by atoms with E-state index in [1.165, 1.54) is 35.4 Å². The van der Waals surface area contributed by atoms with Gasteiger partial charge in [-0.3, -0.25) is 14.4 Å². The van der Waals surface area contributed by atoms with E-state index in [9.17, 15) is 19.1 Å². The predicted octanol–water partition coefficient (Wildman–Crippen LogP) is 3.58. The number of carbonyl (C=O) groups is 2. The minimum atomic E-state index is -1.05. The van der Waals surface area contributed by atoms with E-state index >= 15 is 0 Å². The van der Waals surface area contributed by atoms with Crippen LogP contribution < -0.4 is 9.96 Å². The molecular formula is C23H17FN2O4. The van der Waals surface area contributed by atoms with Crippen molar-refractivity contribution in [2.45, 2.75) is 12.1 Å². The monoisotopic (exact) mass is 404 g/mol. The van der Waals surface area contributed by atoms with Crippen LogP contribution in [0.15, 0.2) is 78.9 Å². The van der Waals surface area contributed by atoms with Gasteiger partial charge in [-0.15, -0.1) is 0 Å². The number of hydrogen-bond donors (Lipinski definition) is 1. The predicted molar refractivity (Wildman–Crippen MR) is 107 cm³/mol. The summed E-state index contributed by atoms with van der Waals surface area (Å²) in [6.07, 6.45) is -1.05. The molecule has 150 valence electrons. The molecule has 3 atom stereocenters. The summed E-state index contributed by atoms with van der Waals surface area (Å²) in [6, 6.07) is 20.2. The van der Waals surface area contributed by atoms with Crippen molar-refractivity contribution in [1.29, 1.82) is 0 Å². The van der Waals surface area contributed by atoms with E-state index in [-0.39, 0.29) is 11.4 Å². The van der Waals surface area contributed by atoms with Crippen molar-refractivity contribution < 1.29 is 23.9 Å². The molecule has 3 aromatic rings. The second-order valence-corrected chi connectivity index (χ2v) is 7.21. The fourth-order valence-electron chi connectivity index (χ4n) is 4.11. The number of hydroxylamine groups is 1. The van der Waals surface area contributed by atoms with Crippen LogP contribution in [-0.2, 0) is 14.4 Å². The van der Waals surface area contributed by atoms with Gasteiger partial charge in [0.05, 0.1) is 17.4 Å². The number of fused-ring (bicyclic) bond motifs is 1. The molecule has 7 heteroatoms. The van der Waals surface area contributed by atoms with Crippen molar-refractivity contribution in [2.24, 2.45) is 5.92 Å². The van der Waals surface area contributed by atoms with Gasteiger partial charge >= 0.3 is 0 Å². The number of benzene rings is 3. The summed E-state index contributed by atoms with van der Waals surface area (Å²) in [4.78, 5) is 33.5. The number of carbonyl (C=O) groups excluding carboxylic acids is 2. The number of hydrogen-bond acceptors (Lipinski definition) is 5.